The van der Waals surface area contributed by atoms with E-state index in [9.17, 15) is 4.79 Å². The fraction of sp³-hybridized carbons (Fsp3) is 0.185. The molecule has 0 saturated heterocycles. The molecule has 6 heteroatoms. The topological polar surface area (TPSA) is 40.9 Å². The van der Waals surface area contributed by atoms with Crippen molar-refractivity contribution < 1.29 is 21.8 Å². The van der Waals surface area contributed by atoms with E-state index in [2.05, 4.69) is 103 Å². The second-order valence-corrected chi connectivity index (χ2v) is 11.4. The van der Waals surface area contributed by atoms with Gasteiger partial charge in [-0.1, -0.05) is 89.9 Å². The first-order valence-corrected chi connectivity index (χ1v) is 16.1. The van der Waals surface area contributed by atoms with E-state index >= 15 is 0 Å². The molecule has 33 heavy (non-hydrogen) atoms. The van der Waals surface area contributed by atoms with Gasteiger partial charge in [-0.15, -0.1) is 29.7 Å². The van der Waals surface area contributed by atoms with Crippen molar-refractivity contribution in [2.45, 2.75) is 25.7 Å². The molecule has 0 atom stereocenters. The van der Waals surface area contributed by atoms with Crippen LogP contribution in [-0.4, -0.2) is 15.4 Å². The maximum absolute atomic E-state index is 10.3. The average Bonchev–Trinajstić information content (AvgIpc) is 3.54. The van der Waals surface area contributed by atoms with Gasteiger partial charge in [-0.25, -0.2) is 0 Å². The number of hydrogen-bond donors (Lipinski definition) is 0. The van der Waals surface area contributed by atoms with Crippen molar-refractivity contribution in [2.24, 2.45) is 5.92 Å². The number of benzene rings is 3. The summed E-state index contributed by atoms with van der Waals surface area (Å²) in [7, 11) is 10.6. The molecule has 1 saturated carbocycles. The molecule has 0 bridgehead atoms. The Bertz CT molecular complexity index is 970. The van der Waals surface area contributed by atoms with Gasteiger partial charge in [-0.05, 0) is 12.8 Å². The van der Waals surface area contributed by atoms with Crippen molar-refractivity contribution in [1.82, 2.24) is 0 Å². The van der Waals surface area contributed by atoms with E-state index in [1.165, 1.54) is 21.1 Å². The van der Waals surface area contributed by atoms with Gasteiger partial charge in [-0.3, -0.25) is 0 Å². The Balaban J connectivity index is 0.000000170. The first kappa shape index (κ1) is 27.5. The molecule has 0 aliphatic heterocycles. The number of carbonyl (C=O) groups is 1. The van der Waals surface area contributed by atoms with E-state index in [-0.39, 0.29) is 11.8 Å². The zero-order valence-electron chi connectivity index (χ0n) is 18.4. The quantitative estimate of drug-likeness (QED) is 0.208. The Kier molecular flexibility index (Phi) is 14.0. The van der Waals surface area contributed by atoms with E-state index in [1.54, 1.807) is 0 Å². The second-order valence-electron chi connectivity index (χ2n) is 7.43. The van der Waals surface area contributed by atoms with Gasteiger partial charge in [-0.2, -0.15) is 17.5 Å². The number of rotatable bonds is 3. The maximum Gasteiger partial charge on any atom is 0.121 e. The van der Waals surface area contributed by atoms with Crippen LogP contribution in [-0.2, 0) is 21.8 Å². The minimum atomic E-state index is -0.556. The summed E-state index contributed by atoms with van der Waals surface area (Å²) in [6.45, 7) is 0. The van der Waals surface area contributed by atoms with Crippen LogP contribution < -0.4 is 10.4 Å². The number of nitrogens with one attached hydrogen (secondary N) is 1. The van der Waals surface area contributed by atoms with E-state index in [1.807, 2.05) is 0 Å². The van der Waals surface area contributed by atoms with Gasteiger partial charge < -0.3 is 10.5 Å². The summed E-state index contributed by atoms with van der Waals surface area (Å²) in [5, 5.41) is 5.46. The van der Waals surface area contributed by atoms with Crippen LogP contribution in [0.3, 0.4) is 0 Å². The SMILES string of the molecule is [Cl][Ti][Cl].[NH-]C(=O)C1CCCC1.c1ccc([Si]c2ccccc2)cc1.c1ccc2[cH-]ccc2c1. The number of carbonyl (C=O) groups excluding carboxylic acids is 1. The summed E-state index contributed by atoms with van der Waals surface area (Å²) in [5.74, 6) is -0.266. The predicted molar refractivity (Wildman–Crippen MR) is 140 cm³/mol. The molecule has 1 amide bonds. The average molecular weight is 528 g/mol. The molecule has 1 fully saturated rings. The summed E-state index contributed by atoms with van der Waals surface area (Å²) in [6.07, 6.45) is 4.22. The van der Waals surface area contributed by atoms with E-state index in [0.717, 1.165) is 35.2 Å². The molecule has 2 nitrogen and oxygen atoms in total. The molecule has 0 heterocycles. The molecular formula is C27H27Cl2NOSiTi-2. The standard InChI is InChI=1S/C12H10Si.C9H7.C6H11NO.2ClH.Ti/c1-3-7-11(8-4-1)13-12-9-5-2-6-10-12;1-2-5-9-7-3-6-8(9)4-1;7-6(8)5-3-1-2-4-5;;;/h1-10H;1-7H;5H,1-4H2,(H2,7,8);2*1H;/q;-1;;;;+2/p-3. The third kappa shape index (κ3) is 11.3. The number of amides is 1. The summed E-state index contributed by atoms with van der Waals surface area (Å²) in [6, 6.07) is 35.8. The van der Waals surface area contributed by atoms with Crippen molar-refractivity contribution in [3.05, 3.63) is 109 Å². The van der Waals surface area contributed by atoms with Crippen LogP contribution >= 0.6 is 18.6 Å². The van der Waals surface area contributed by atoms with Gasteiger partial charge in [0.1, 0.15) is 9.52 Å². The first-order chi connectivity index (χ1) is 16.1. The van der Waals surface area contributed by atoms with Crippen molar-refractivity contribution in [3.63, 3.8) is 0 Å². The van der Waals surface area contributed by atoms with Gasteiger partial charge in [0, 0.05) is 5.92 Å². The van der Waals surface area contributed by atoms with Gasteiger partial charge in [0.05, 0.1) is 5.91 Å². The largest absolute Gasteiger partial charge is 0.668 e. The predicted octanol–water partition coefficient (Wildman–Crippen LogP) is 7.03. The Morgan fingerprint density at radius 2 is 1.30 bits per heavy atom. The Labute approximate surface area is 216 Å². The Hall–Kier alpha value is -1.75. The van der Waals surface area contributed by atoms with Crippen LogP contribution in [0.2, 0.25) is 0 Å². The zero-order valence-corrected chi connectivity index (χ0v) is 22.5. The summed E-state index contributed by atoms with van der Waals surface area (Å²) in [4.78, 5) is 10.3. The molecule has 4 aromatic rings. The minimum Gasteiger partial charge on any atom is -0.668 e. The van der Waals surface area contributed by atoms with E-state index < -0.39 is 17.0 Å². The van der Waals surface area contributed by atoms with Crippen molar-refractivity contribution in [3.8, 4) is 0 Å². The third-order valence-electron chi connectivity index (χ3n) is 5.11. The van der Waals surface area contributed by atoms with Gasteiger partial charge in [0.25, 0.3) is 0 Å². The van der Waals surface area contributed by atoms with Crippen LogP contribution in [0.25, 0.3) is 16.5 Å². The van der Waals surface area contributed by atoms with Gasteiger partial charge >= 0.3 is 35.6 Å². The molecule has 0 unspecified atom stereocenters. The molecular weight excluding hydrogens is 501 g/mol. The van der Waals surface area contributed by atoms with Crippen LogP contribution in [0, 0.1) is 5.92 Å². The van der Waals surface area contributed by atoms with E-state index in [0.29, 0.717) is 0 Å². The summed E-state index contributed by atoms with van der Waals surface area (Å²) < 4.78 is 0. The van der Waals surface area contributed by atoms with Crippen molar-refractivity contribution in [2.75, 3.05) is 0 Å². The smallest absolute Gasteiger partial charge is 0.121 e. The molecule has 5 rings (SSSR count). The molecule has 2 radical (unpaired) electrons. The number of fused-ring (bicyclic) bond motifs is 1. The number of hydrogen-bond acceptors (Lipinski definition) is 1. The molecule has 0 aromatic heterocycles. The summed E-state index contributed by atoms with van der Waals surface area (Å²) in [5.41, 5.74) is 6.74. The second kappa shape index (κ2) is 16.8. The molecule has 1 aliphatic rings. The zero-order chi connectivity index (χ0) is 23.7. The van der Waals surface area contributed by atoms with Gasteiger partial charge in [0.15, 0.2) is 0 Å². The van der Waals surface area contributed by atoms with Gasteiger partial charge in [0.2, 0.25) is 0 Å². The van der Waals surface area contributed by atoms with Crippen LogP contribution in [0.15, 0.2) is 103 Å². The first-order valence-electron chi connectivity index (χ1n) is 10.8. The molecule has 0 spiro atoms. The van der Waals surface area contributed by atoms with Crippen LogP contribution in [0.5, 0.6) is 0 Å². The van der Waals surface area contributed by atoms with Crippen LogP contribution in [0.4, 0.5) is 0 Å². The molecule has 4 aromatic carbocycles. The van der Waals surface area contributed by atoms with E-state index in [4.69, 9.17) is 24.3 Å². The molecule has 1 N–H and O–H groups in total. The Morgan fingerprint density at radius 3 is 1.76 bits per heavy atom. The Morgan fingerprint density at radius 1 is 0.818 bits per heavy atom. The molecule has 170 valence electrons. The maximum atomic E-state index is 10.3. The van der Waals surface area contributed by atoms with Crippen molar-refractivity contribution in [1.29, 1.82) is 0 Å². The number of halogens is 2. The third-order valence-corrected chi connectivity index (χ3v) is 6.35. The fourth-order valence-corrected chi connectivity index (χ4v) is 4.52. The normalized spacial score (nSPS) is 12.3. The van der Waals surface area contributed by atoms with Crippen molar-refractivity contribution >= 4 is 55.2 Å². The van der Waals surface area contributed by atoms with Crippen LogP contribution in [0.1, 0.15) is 25.7 Å². The minimum absolute atomic E-state index is 0.0926. The monoisotopic (exact) mass is 527 g/mol. The molecule has 1 aliphatic carbocycles. The summed E-state index contributed by atoms with van der Waals surface area (Å²) >= 11 is -0.556. The fourth-order valence-electron chi connectivity index (χ4n) is 3.47.